The molecule has 0 aliphatic rings. The maximum Gasteiger partial charge on any atom is 0.416 e. The van der Waals surface area contributed by atoms with Crippen LogP contribution in [0.3, 0.4) is 0 Å². The van der Waals surface area contributed by atoms with Crippen LogP contribution >= 0.6 is 0 Å². The van der Waals surface area contributed by atoms with Crippen LogP contribution in [0.2, 0.25) is 0 Å². The van der Waals surface area contributed by atoms with Gasteiger partial charge in [-0.2, -0.15) is 13.2 Å². The van der Waals surface area contributed by atoms with Crippen LogP contribution in [0.25, 0.3) is 0 Å². The lowest BCUT2D eigenvalue weighted by Gasteiger charge is -2.16. The number of sulfonamides is 1. The van der Waals surface area contributed by atoms with Crippen molar-refractivity contribution in [3.8, 4) is 0 Å². The highest BCUT2D eigenvalue weighted by atomic mass is 32.2. The lowest BCUT2D eigenvalue weighted by Crippen LogP contribution is -2.29. The number of aliphatic hydroxyl groups excluding tert-OH is 1. The predicted molar refractivity (Wildman–Crippen MR) is 72.2 cm³/mol. The second-order valence-electron chi connectivity index (χ2n) is 4.90. The SMILES string of the molecule is Cc1c(C(F)(F)F)cccc1S(=O)(=O)NCC(C)CCO. The Hall–Kier alpha value is -1.12. The Kier molecular flexibility index (Phi) is 5.77. The van der Waals surface area contributed by atoms with E-state index >= 15 is 0 Å². The number of halogens is 3. The summed E-state index contributed by atoms with van der Waals surface area (Å²) in [5.41, 5.74) is -1.29. The Morgan fingerprint density at radius 3 is 2.48 bits per heavy atom. The second kappa shape index (κ2) is 6.76. The number of nitrogens with one attached hydrogen (secondary N) is 1. The van der Waals surface area contributed by atoms with Crippen LogP contribution in [-0.2, 0) is 16.2 Å². The van der Waals surface area contributed by atoms with Gasteiger partial charge in [-0.25, -0.2) is 13.1 Å². The first-order valence-corrected chi connectivity index (χ1v) is 7.85. The molecule has 0 aliphatic heterocycles. The number of alkyl halides is 3. The van der Waals surface area contributed by atoms with Crippen LogP contribution in [-0.4, -0.2) is 26.7 Å². The molecule has 4 nitrogen and oxygen atoms in total. The Morgan fingerprint density at radius 1 is 1.33 bits per heavy atom. The van der Waals surface area contributed by atoms with E-state index in [2.05, 4.69) is 4.72 Å². The van der Waals surface area contributed by atoms with Gasteiger partial charge in [-0.1, -0.05) is 13.0 Å². The second-order valence-corrected chi connectivity index (χ2v) is 6.63. The fraction of sp³-hybridized carbons (Fsp3) is 0.538. The zero-order valence-corrected chi connectivity index (χ0v) is 12.6. The third-order valence-electron chi connectivity index (χ3n) is 3.12. The van der Waals surface area contributed by atoms with E-state index < -0.39 is 21.8 Å². The van der Waals surface area contributed by atoms with Gasteiger partial charge in [0.1, 0.15) is 0 Å². The van der Waals surface area contributed by atoms with Gasteiger partial charge in [0.05, 0.1) is 10.5 Å². The number of benzene rings is 1. The zero-order chi connectivity index (χ0) is 16.3. The molecule has 0 saturated carbocycles. The molecule has 0 aliphatic carbocycles. The van der Waals surface area contributed by atoms with Crippen LogP contribution in [0.1, 0.15) is 24.5 Å². The van der Waals surface area contributed by atoms with Crippen molar-refractivity contribution in [1.29, 1.82) is 0 Å². The summed E-state index contributed by atoms with van der Waals surface area (Å²) in [6.45, 7) is 2.84. The van der Waals surface area contributed by atoms with Gasteiger partial charge in [0.15, 0.2) is 0 Å². The van der Waals surface area contributed by atoms with Crippen LogP contribution < -0.4 is 4.72 Å². The third-order valence-corrected chi connectivity index (χ3v) is 4.69. The van der Waals surface area contributed by atoms with Gasteiger partial charge in [0, 0.05) is 13.2 Å². The first kappa shape index (κ1) is 17.9. The van der Waals surface area contributed by atoms with Crippen LogP contribution in [0.15, 0.2) is 23.1 Å². The molecule has 8 heteroatoms. The molecule has 1 aromatic rings. The predicted octanol–water partition coefficient (Wildman–Crippen LogP) is 2.31. The number of aliphatic hydroxyl groups is 1. The quantitative estimate of drug-likeness (QED) is 0.843. The maximum atomic E-state index is 12.8. The zero-order valence-electron chi connectivity index (χ0n) is 11.7. The Labute approximate surface area is 122 Å². The van der Waals surface area contributed by atoms with Crippen LogP contribution in [0.5, 0.6) is 0 Å². The molecule has 0 heterocycles. The van der Waals surface area contributed by atoms with Gasteiger partial charge in [0.2, 0.25) is 10.0 Å². The first-order chi connectivity index (χ1) is 9.59. The average Bonchev–Trinajstić information content (AvgIpc) is 2.35. The van der Waals surface area contributed by atoms with Gasteiger partial charge in [0.25, 0.3) is 0 Å². The molecule has 1 rings (SSSR count). The molecule has 0 spiro atoms. The number of rotatable bonds is 6. The molecule has 0 saturated heterocycles. The average molecular weight is 325 g/mol. The minimum absolute atomic E-state index is 0.0541. The van der Waals surface area contributed by atoms with Crippen molar-refractivity contribution < 1.29 is 26.7 Å². The third kappa shape index (κ3) is 4.69. The summed E-state index contributed by atoms with van der Waals surface area (Å²) in [4.78, 5) is -0.381. The molecule has 2 N–H and O–H groups in total. The minimum Gasteiger partial charge on any atom is -0.396 e. The monoisotopic (exact) mass is 325 g/mol. The van der Waals surface area contributed by atoms with E-state index in [1.807, 2.05) is 0 Å². The molecule has 0 fully saturated rings. The van der Waals surface area contributed by atoms with Gasteiger partial charge < -0.3 is 5.11 Å². The van der Waals surface area contributed by atoms with Crippen LogP contribution in [0, 0.1) is 12.8 Å². The smallest absolute Gasteiger partial charge is 0.396 e. The normalized spacial score (nSPS) is 14.2. The highest BCUT2D eigenvalue weighted by molar-refractivity contribution is 7.89. The van der Waals surface area contributed by atoms with Crippen molar-refractivity contribution in [3.05, 3.63) is 29.3 Å². The van der Waals surface area contributed by atoms with Gasteiger partial charge in [-0.15, -0.1) is 0 Å². The number of hydrogen-bond acceptors (Lipinski definition) is 3. The van der Waals surface area contributed by atoms with Gasteiger partial charge in [-0.3, -0.25) is 0 Å². The lowest BCUT2D eigenvalue weighted by molar-refractivity contribution is -0.138. The van der Waals surface area contributed by atoms with Crippen LogP contribution in [0.4, 0.5) is 13.2 Å². The molecule has 1 atom stereocenters. The Morgan fingerprint density at radius 2 is 1.95 bits per heavy atom. The van der Waals surface area contributed by atoms with Crippen molar-refractivity contribution in [1.82, 2.24) is 4.72 Å². The van der Waals surface area contributed by atoms with Crippen molar-refractivity contribution in [3.63, 3.8) is 0 Å². The van der Waals surface area contributed by atoms with E-state index in [1.54, 1.807) is 6.92 Å². The molecule has 0 bridgehead atoms. The standard InChI is InChI=1S/C13H18F3NO3S/c1-9(6-7-18)8-17-21(19,20)12-5-3-4-11(10(12)2)13(14,15)16/h3-5,9,17-18H,6-8H2,1-2H3. The fourth-order valence-electron chi connectivity index (χ4n) is 1.86. The number of hydrogen-bond donors (Lipinski definition) is 2. The molecule has 1 aromatic carbocycles. The summed E-state index contributed by atoms with van der Waals surface area (Å²) in [6.07, 6.45) is -4.19. The topological polar surface area (TPSA) is 66.4 Å². The molecule has 1 unspecified atom stereocenters. The molecule has 0 aromatic heterocycles. The molecule has 120 valence electrons. The summed E-state index contributed by atoms with van der Waals surface area (Å²) in [5.74, 6) is -0.115. The summed E-state index contributed by atoms with van der Waals surface area (Å²) in [7, 11) is -4.02. The highest BCUT2D eigenvalue weighted by Crippen LogP contribution is 2.34. The van der Waals surface area contributed by atoms with E-state index in [0.717, 1.165) is 25.1 Å². The highest BCUT2D eigenvalue weighted by Gasteiger charge is 2.34. The largest absolute Gasteiger partial charge is 0.416 e. The summed E-state index contributed by atoms with van der Waals surface area (Å²) in [5, 5.41) is 8.75. The van der Waals surface area contributed by atoms with Crippen molar-refractivity contribution in [2.75, 3.05) is 13.2 Å². The molecule has 0 amide bonds. The van der Waals surface area contributed by atoms with E-state index in [-0.39, 0.29) is 29.5 Å². The van der Waals surface area contributed by atoms with Gasteiger partial charge >= 0.3 is 6.18 Å². The van der Waals surface area contributed by atoms with E-state index in [9.17, 15) is 21.6 Å². The van der Waals surface area contributed by atoms with E-state index in [0.29, 0.717) is 6.42 Å². The van der Waals surface area contributed by atoms with Crippen molar-refractivity contribution >= 4 is 10.0 Å². The summed E-state index contributed by atoms with van der Waals surface area (Å²) < 4.78 is 64.8. The van der Waals surface area contributed by atoms with E-state index in [4.69, 9.17) is 5.11 Å². The summed E-state index contributed by atoms with van der Waals surface area (Å²) in [6, 6.07) is 3.06. The van der Waals surface area contributed by atoms with Gasteiger partial charge in [-0.05, 0) is 37.0 Å². The molecular weight excluding hydrogens is 307 g/mol. The van der Waals surface area contributed by atoms with Crippen molar-refractivity contribution in [2.45, 2.75) is 31.3 Å². The minimum atomic E-state index is -4.60. The molecular formula is C13H18F3NO3S. The summed E-state index contributed by atoms with van der Waals surface area (Å²) >= 11 is 0. The molecule has 21 heavy (non-hydrogen) atoms. The van der Waals surface area contributed by atoms with Crippen molar-refractivity contribution in [2.24, 2.45) is 5.92 Å². The Balaban J connectivity index is 3.05. The lowest BCUT2D eigenvalue weighted by atomic mass is 10.1. The Bertz CT molecular complexity index is 585. The first-order valence-electron chi connectivity index (χ1n) is 6.37. The molecule has 0 radical (unpaired) electrons. The maximum absolute atomic E-state index is 12.8. The van der Waals surface area contributed by atoms with E-state index in [1.165, 1.54) is 0 Å². The fourth-order valence-corrected chi connectivity index (χ4v) is 3.30.